The maximum absolute atomic E-state index is 11.3. The fourth-order valence-electron chi connectivity index (χ4n) is 2.89. The van der Waals surface area contributed by atoms with Crippen LogP contribution in [0.1, 0.15) is 16.7 Å². The van der Waals surface area contributed by atoms with E-state index in [9.17, 15) is 4.79 Å². The van der Waals surface area contributed by atoms with E-state index >= 15 is 0 Å². The van der Waals surface area contributed by atoms with Gasteiger partial charge < -0.3 is 9.64 Å². The Bertz CT molecular complexity index is 690. The van der Waals surface area contributed by atoms with E-state index in [2.05, 4.69) is 39.6 Å². The highest BCUT2D eigenvalue weighted by molar-refractivity contribution is 5.85. The van der Waals surface area contributed by atoms with Gasteiger partial charge in [-0.15, -0.1) is 24.8 Å². The molecule has 3 N–H and O–H groups in total. The van der Waals surface area contributed by atoms with Gasteiger partial charge in [-0.1, -0.05) is 30.3 Å². The molecular weight excluding hydrogens is 387 g/mol. The highest BCUT2D eigenvalue weighted by atomic mass is 35.5. The number of aromatic nitrogens is 1. The third-order valence-electron chi connectivity index (χ3n) is 4.40. The predicted octanol–water partition coefficient (Wildman–Crippen LogP) is 2.08. The van der Waals surface area contributed by atoms with Crippen LogP contribution in [-0.2, 0) is 28.8 Å². The number of hydrogen-bond acceptors (Lipinski definition) is 5. The Kier molecular flexibility index (Phi) is 10.1. The average molecular weight is 413 g/mol. The molecule has 0 atom stereocenters. The number of morpholine rings is 1. The fourth-order valence-corrected chi connectivity index (χ4v) is 2.89. The maximum atomic E-state index is 11.3. The second-order valence-corrected chi connectivity index (χ2v) is 6.18. The van der Waals surface area contributed by atoms with Crippen LogP contribution in [0, 0.1) is 0 Å². The molecule has 0 radical (unpaired) electrons. The molecule has 1 amide bonds. The summed E-state index contributed by atoms with van der Waals surface area (Å²) in [6.45, 7) is 3.35. The quantitative estimate of drug-likeness (QED) is 0.431. The molecule has 0 unspecified atom stereocenters. The zero-order valence-electron chi connectivity index (χ0n) is 15.1. The number of nitrogens with one attached hydrogen (secondary N) is 1. The highest BCUT2D eigenvalue weighted by Crippen LogP contribution is 2.15. The normalized spacial score (nSPS) is 13.3. The van der Waals surface area contributed by atoms with Gasteiger partial charge in [-0.25, -0.2) is 10.8 Å². The van der Waals surface area contributed by atoms with Crippen molar-refractivity contribution in [3.05, 3.63) is 59.3 Å². The minimum absolute atomic E-state index is 0. The second kappa shape index (κ2) is 11.8. The summed E-state index contributed by atoms with van der Waals surface area (Å²) in [6, 6.07) is 12.3. The molecule has 1 aliphatic heterocycles. The van der Waals surface area contributed by atoms with Gasteiger partial charge in [0.1, 0.15) is 5.82 Å². The number of benzene rings is 1. The first kappa shape index (κ1) is 23.2. The van der Waals surface area contributed by atoms with E-state index in [1.165, 1.54) is 11.1 Å². The number of hydrazine groups is 1. The minimum atomic E-state index is -0.181. The lowest BCUT2D eigenvalue weighted by Crippen LogP contribution is -2.36. The van der Waals surface area contributed by atoms with Gasteiger partial charge in [0.05, 0.1) is 19.6 Å². The molecule has 6 nitrogen and oxygen atoms in total. The monoisotopic (exact) mass is 412 g/mol. The molecule has 2 aromatic rings. The van der Waals surface area contributed by atoms with Crippen molar-refractivity contribution in [2.45, 2.75) is 19.3 Å². The number of hydrogen-bond donors (Lipinski definition) is 2. The summed E-state index contributed by atoms with van der Waals surface area (Å²) in [6.07, 6.45) is 4.16. The summed E-state index contributed by atoms with van der Waals surface area (Å²) in [7, 11) is 0. The van der Waals surface area contributed by atoms with Gasteiger partial charge in [0.25, 0.3) is 0 Å². The summed E-state index contributed by atoms with van der Waals surface area (Å²) in [5, 5.41) is 0. The van der Waals surface area contributed by atoms with E-state index in [1.54, 1.807) is 0 Å². The lowest BCUT2D eigenvalue weighted by molar-refractivity contribution is -0.120. The van der Waals surface area contributed by atoms with Crippen molar-refractivity contribution in [1.29, 1.82) is 0 Å². The first-order valence-corrected chi connectivity index (χ1v) is 8.59. The summed E-state index contributed by atoms with van der Waals surface area (Å²) >= 11 is 0. The van der Waals surface area contributed by atoms with Crippen LogP contribution in [0.4, 0.5) is 5.82 Å². The standard InChI is InChI=1S/C19H24N4O2.2ClH/c20-22-19(24)13-16-4-1-15(2-5-16)3-6-17-7-8-18(21-14-17)23-9-11-25-12-10-23;;/h1-2,4-5,7-8,14H,3,6,9-13,20H2,(H,22,24);2*1H. The van der Waals surface area contributed by atoms with Gasteiger partial charge in [0.2, 0.25) is 5.91 Å². The summed E-state index contributed by atoms with van der Waals surface area (Å²) in [4.78, 5) is 18.1. The van der Waals surface area contributed by atoms with Crippen LogP contribution >= 0.6 is 24.8 Å². The predicted molar refractivity (Wildman–Crippen MR) is 112 cm³/mol. The van der Waals surface area contributed by atoms with Gasteiger partial charge in [-0.2, -0.15) is 0 Å². The molecule has 0 aliphatic carbocycles. The molecule has 0 saturated carbocycles. The number of halogens is 2. The van der Waals surface area contributed by atoms with E-state index in [1.807, 2.05) is 18.3 Å². The zero-order valence-corrected chi connectivity index (χ0v) is 16.7. The largest absolute Gasteiger partial charge is 0.378 e. The van der Waals surface area contributed by atoms with Crippen LogP contribution in [-0.4, -0.2) is 37.2 Å². The average Bonchev–Trinajstić information content (AvgIpc) is 2.68. The van der Waals surface area contributed by atoms with Gasteiger partial charge in [0, 0.05) is 19.3 Å². The maximum Gasteiger partial charge on any atom is 0.238 e. The molecule has 1 fully saturated rings. The first-order chi connectivity index (χ1) is 12.2. The molecule has 1 aliphatic rings. The van der Waals surface area contributed by atoms with Gasteiger partial charge in [-0.05, 0) is 35.6 Å². The van der Waals surface area contributed by atoms with Gasteiger partial charge >= 0.3 is 0 Å². The third-order valence-corrected chi connectivity index (χ3v) is 4.40. The van der Waals surface area contributed by atoms with Crippen LogP contribution < -0.4 is 16.2 Å². The lowest BCUT2D eigenvalue weighted by atomic mass is 10.0. The molecule has 148 valence electrons. The molecule has 1 aromatic carbocycles. The highest BCUT2D eigenvalue weighted by Gasteiger charge is 2.11. The van der Waals surface area contributed by atoms with Gasteiger partial charge in [-0.3, -0.25) is 10.2 Å². The Morgan fingerprint density at radius 1 is 1.00 bits per heavy atom. The molecule has 0 spiro atoms. The molecule has 27 heavy (non-hydrogen) atoms. The second-order valence-electron chi connectivity index (χ2n) is 6.18. The van der Waals surface area contributed by atoms with Crippen molar-refractivity contribution in [2.24, 2.45) is 5.84 Å². The van der Waals surface area contributed by atoms with Gasteiger partial charge in [0.15, 0.2) is 0 Å². The fraction of sp³-hybridized carbons (Fsp3) is 0.368. The van der Waals surface area contributed by atoms with Crippen molar-refractivity contribution in [3.63, 3.8) is 0 Å². The first-order valence-electron chi connectivity index (χ1n) is 8.59. The van der Waals surface area contributed by atoms with Crippen LogP contribution in [0.5, 0.6) is 0 Å². The summed E-state index contributed by atoms with van der Waals surface area (Å²) in [5.41, 5.74) is 5.58. The van der Waals surface area contributed by atoms with E-state index in [4.69, 9.17) is 10.6 Å². The Balaban J connectivity index is 0.00000182. The zero-order chi connectivity index (χ0) is 17.5. The van der Waals surface area contributed by atoms with E-state index < -0.39 is 0 Å². The molecule has 8 heteroatoms. The minimum Gasteiger partial charge on any atom is -0.378 e. The summed E-state index contributed by atoms with van der Waals surface area (Å²) in [5.74, 6) is 5.95. The number of carbonyl (C=O) groups excluding carboxylic acids is 1. The number of nitrogens with zero attached hydrogens (tertiary/aromatic N) is 2. The van der Waals surface area contributed by atoms with E-state index in [0.717, 1.165) is 50.5 Å². The SMILES string of the molecule is Cl.Cl.NNC(=O)Cc1ccc(CCc2ccc(N3CCOCC3)nc2)cc1. The van der Waals surface area contributed by atoms with Crippen molar-refractivity contribution < 1.29 is 9.53 Å². The number of pyridine rings is 1. The number of carbonyl (C=O) groups is 1. The molecule has 3 rings (SSSR count). The number of amides is 1. The number of rotatable bonds is 6. The van der Waals surface area contributed by atoms with Crippen LogP contribution in [0.15, 0.2) is 42.6 Å². The van der Waals surface area contributed by atoms with Crippen molar-refractivity contribution >= 4 is 36.5 Å². The molecule has 1 saturated heterocycles. The van der Waals surface area contributed by atoms with Crippen LogP contribution in [0.2, 0.25) is 0 Å². The number of nitrogens with two attached hydrogens (primary N) is 1. The van der Waals surface area contributed by atoms with Crippen molar-refractivity contribution in [3.8, 4) is 0 Å². The molecule has 1 aromatic heterocycles. The lowest BCUT2D eigenvalue weighted by Gasteiger charge is -2.27. The molecule has 2 heterocycles. The Labute approximate surface area is 172 Å². The summed E-state index contributed by atoms with van der Waals surface area (Å²) < 4.78 is 5.37. The number of aryl methyl sites for hydroxylation is 2. The Morgan fingerprint density at radius 2 is 1.59 bits per heavy atom. The molecule has 0 bridgehead atoms. The van der Waals surface area contributed by atoms with Crippen molar-refractivity contribution in [2.75, 3.05) is 31.2 Å². The third kappa shape index (κ3) is 6.99. The topological polar surface area (TPSA) is 80.5 Å². The van der Waals surface area contributed by atoms with E-state index in [0.29, 0.717) is 6.42 Å². The number of ether oxygens (including phenoxy) is 1. The van der Waals surface area contributed by atoms with Crippen LogP contribution in [0.25, 0.3) is 0 Å². The smallest absolute Gasteiger partial charge is 0.238 e. The Morgan fingerprint density at radius 3 is 2.19 bits per heavy atom. The van der Waals surface area contributed by atoms with Crippen molar-refractivity contribution in [1.82, 2.24) is 10.4 Å². The molecular formula is C19H26Cl2N4O2. The van der Waals surface area contributed by atoms with E-state index in [-0.39, 0.29) is 30.7 Å². The van der Waals surface area contributed by atoms with Crippen LogP contribution in [0.3, 0.4) is 0 Å². The Hall–Kier alpha value is -1.86. The number of anilines is 1.